The van der Waals surface area contributed by atoms with Crippen LogP contribution in [0.4, 0.5) is 0 Å². The molecule has 0 heterocycles. The van der Waals surface area contributed by atoms with Gasteiger partial charge >= 0.3 is 0 Å². The number of hydrogen-bond acceptors (Lipinski definition) is 2. The van der Waals surface area contributed by atoms with Crippen LogP contribution < -0.4 is 4.74 Å². The highest BCUT2D eigenvalue weighted by atomic mass is 35.5. The van der Waals surface area contributed by atoms with Crippen LogP contribution in [-0.2, 0) is 0 Å². The summed E-state index contributed by atoms with van der Waals surface area (Å²) in [7, 11) is 0. The van der Waals surface area contributed by atoms with Crippen molar-refractivity contribution in [3.63, 3.8) is 0 Å². The van der Waals surface area contributed by atoms with Crippen LogP contribution in [0.1, 0.15) is 37.0 Å². The zero-order chi connectivity index (χ0) is 21.9. The lowest BCUT2D eigenvalue weighted by atomic mass is 9.88. The molecule has 3 aromatic carbocycles. The molecule has 0 spiro atoms. The third-order valence-electron chi connectivity index (χ3n) is 5.54. The average Bonchev–Trinajstić information content (AvgIpc) is 2.84. The number of halogens is 1. The quantitative estimate of drug-likeness (QED) is 0.238. The van der Waals surface area contributed by atoms with Crippen LogP contribution in [-0.4, -0.2) is 37.0 Å². The molecule has 0 bridgehead atoms. The number of alkyl halides is 1. The van der Waals surface area contributed by atoms with E-state index in [1.165, 1.54) is 27.8 Å². The normalized spacial score (nSPS) is 12.0. The Kier molecular flexibility index (Phi) is 9.20. The van der Waals surface area contributed by atoms with Gasteiger partial charge in [-0.2, -0.15) is 0 Å². The van der Waals surface area contributed by atoms with Gasteiger partial charge in [-0.25, -0.2) is 0 Å². The number of benzene rings is 3. The molecule has 0 N–H and O–H groups in total. The molecule has 0 saturated carbocycles. The molecule has 3 aromatic rings. The fourth-order valence-electron chi connectivity index (χ4n) is 3.82. The van der Waals surface area contributed by atoms with Crippen LogP contribution in [0.5, 0.6) is 5.75 Å². The Hall–Kier alpha value is -2.55. The van der Waals surface area contributed by atoms with E-state index in [1.54, 1.807) is 0 Å². The molecular formula is C28H32ClNO. The Morgan fingerprint density at radius 1 is 0.742 bits per heavy atom. The molecule has 0 aliphatic rings. The van der Waals surface area contributed by atoms with Gasteiger partial charge in [-0.05, 0) is 59.5 Å². The fraction of sp³-hybridized carbons (Fsp3) is 0.286. The van der Waals surface area contributed by atoms with Crippen molar-refractivity contribution < 1.29 is 4.74 Å². The Balaban J connectivity index is 1.93. The molecule has 0 aromatic heterocycles. The molecule has 0 fully saturated rings. The molecule has 0 unspecified atom stereocenters. The highest BCUT2D eigenvalue weighted by molar-refractivity contribution is 6.18. The number of ether oxygens (including phenoxy) is 1. The maximum Gasteiger partial charge on any atom is 0.119 e. The predicted molar refractivity (Wildman–Crippen MR) is 134 cm³/mol. The fourth-order valence-corrected chi connectivity index (χ4v) is 4.01. The van der Waals surface area contributed by atoms with Crippen LogP contribution >= 0.6 is 11.6 Å². The zero-order valence-corrected chi connectivity index (χ0v) is 19.3. The van der Waals surface area contributed by atoms with E-state index in [-0.39, 0.29) is 0 Å². The molecule has 0 aliphatic heterocycles. The monoisotopic (exact) mass is 433 g/mol. The van der Waals surface area contributed by atoms with Gasteiger partial charge in [0.1, 0.15) is 12.4 Å². The van der Waals surface area contributed by atoms with E-state index in [1.807, 2.05) is 6.07 Å². The predicted octanol–water partition coefficient (Wildman–Crippen LogP) is 7.00. The number of nitrogens with zero attached hydrogens (tertiary/aromatic N) is 1. The molecule has 31 heavy (non-hydrogen) atoms. The number of likely N-dealkylation sites (N-methyl/N-ethyl adjacent to an activating group) is 1. The van der Waals surface area contributed by atoms with Crippen molar-refractivity contribution in [3.8, 4) is 5.75 Å². The second-order valence-electron chi connectivity index (χ2n) is 7.42. The SMILES string of the molecule is CCN(CC)CCOc1ccc(/C(=C(\CCCl)c2ccccc2)c2ccccc2)cc1. The Labute approximate surface area is 192 Å². The van der Waals surface area contributed by atoms with E-state index in [0.717, 1.165) is 31.8 Å². The lowest BCUT2D eigenvalue weighted by Gasteiger charge is -2.19. The van der Waals surface area contributed by atoms with Gasteiger partial charge in [0.05, 0.1) is 0 Å². The second-order valence-corrected chi connectivity index (χ2v) is 7.80. The zero-order valence-electron chi connectivity index (χ0n) is 18.6. The first-order chi connectivity index (χ1) is 15.3. The third-order valence-corrected chi connectivity index (χ3v) is 5.73. The van der Waals surface area contributed by atoms with Gasteiger partial charge in [0, 0.05) is 12.4 Å². The first-order valence-corrected chi connectivity index (χ1v) is 11.7. The van der Waals surface area contributed by atoms with Gasteiger partial charge in [-0.3, -0.25) is 0 Å². The Bertz CT molecular complexity index is 932. The molecule has 2 nitrogen and oxygen atoms in total. The van der Waals surface area contributed by atoms with Crippen molar-refractivity contribution in [2.45, 2.75) is 20.3 Å². The van der Waals surface area contributed by atoms with Gasteiger partial charge in [0.2, 0.25) is 0 Å². The van der Waals surface area contributed by atoms with Crippen molar-refractivity contribution in [2.24, 2.45) is 0 Å². The lowest BCUT2D eigenvalue weighted by Crippen LogP contribution is -2.27. The van der Waals surface area contributed by atoms with Gasteiger partial charge in [-0.15, -0.1) is 11.6 Å². The van der Waals surface area contributed by atoms with Crippen molar-refractivity contribution >= 4 is 22.7 Å². The highest BCUT2D eigenvalue weighted by Crippen LogP contribution is 2.35. The molecule has 0 aliphatic carbocycles. The highest BCUT2D eigenvalue weighted by Gasteiger charge is 2.14. The lowest BCUT2D eigenvalue weighted by molar-refractivity contribution is 0.223. The van der Waals surface area contributed by atoms with E-state index in [4.69, 9.17) is 16.3 Å². The standard InChI is InChI=1S/C28H32ClNO/c1-3-30(4-2)21-22-31-26-17-15-25(16-18-26)28(24-13-9-6-10-14-24)27(19-20-29)23-11-7-5-8-12-23/h5-18H,3-4,19-22H2,1-2H3/b28-27+. The van der Waals surface area contributed by atoms with Gasteiger partial charge in [0.15, 0.2) is 0 Å². The molecule has 0 saturated heterocycles. The summed E-state index contributed by atoms with van der Waals surface area (Å²) in [5.74, 6) is 1.48. The van der Waals surface area contributed by atoms with Crippen LogP contribution in [0.2, 0.25) is 0 Å². The van der Waals surface area contributed by atoms with E-state index < -0.39 is 0 Å². The average molecular weight is 434 g/mol. The summed E-state index contributed by atoms with van der Waals surface area (Å²) in [6.07, 6.45) is 0.803. The summed E-state index contributed by atoms with van der Waals surface area (Å²) < 4.78 is 5.99. The van der Waals surface area contributed by atoms with E-state index in [9.17, 15) is 0 Å². The summed E-state index contributed by atoms with van der Waals surface area (Å²) >= 11 is 6.24. The minimum absolute atomic E-state index is 0.577. The first kappa shape index (κ1) is 23.1. The molecule has 0 amide bonds. The van der Waals surface area contributed by atoms with E-state index >= 15 is 0 Å². The first-order valence-electron chi connectivity index (χ1n) is 11.1. The maximum absolute atomic E-state index is 6.24. The van der Waals surface area contributed by atoms with Crippen LogP contribution in [0, 0.1) is 0 Å². The second kappa shape index (κ2) is 12.3. The largest absolute Gasteiger partial charge is 0.492 e. The van der Waals surface area contributed by atoms with Crippen molar-refractivity contribution in [1.82, 2.24) is 4.90 Å². The molecule has 0 atom stereocenters. The third kappa shape index (κ3) is 6.46. The summed E-state index contributed by atoms with van der Waals surface area (Å²) in [5, 5.41) is 0. The minimum atomic E-state index is 0.577. The number of hydrogen-bond donors (Lipinski definition) is 0. The van der Waals surface area contributed by atoms with E-state index in [0.29, 0.717) is 12.5 Å². The molecule has 162 valence electrons. The summed E-state index contributed by atoms with van der Waals surface area (Å²) in [6.45, 7) is 8.10. The minimum Gasteiger partial charge on any atom is -0.492 e. The smallest absolute Gasteiger partial charge is 0.119 e. The van der Waals surface area contributed by atoms with Crippen LogP contribution in [0.25, 0.3) is 11.1 Å². The van der Waals surface area contributed by atoms with Crippen molar-refractivity contribution in [2.75, 3.05) is 32.1 Å². The van der Waals surface area contributed by atoms with Crippen LogP contribution in [0.3, 0.4) is 0 Å². The van der Waals surface area contributed by atoms with Gasteiger partial charge in [-0.1, -0.05) is 86.6 Å². The molecule has 3 rings (SSSR count). The Morgan fingerprint density at radius 3 is 1.84 bits per heavy atom. The summed E-state index contributed by atoms with van der Waals surface area (Å²) in [5.41, 5.74) is 6.06. The molecular weight excluding hydrogens is 402 g/mol. The van der Waals surface area contributed by atoms with Gasteiger partial charge < -0.3 is 9.64 Å². The topological polar surface area (TPSA) is 12.5 Å². The van der Waals surface area contributed by atoms with Crippen molar-refractivity contribution in [1.29, 1.82) is 0 Å². The molecule has 3 heteroatoms. The van der Waals surface area contributed by atoms with Crippen LogP contribution in [0.15, 0.2) is 84.9 Å². The summed E-state index contributed by atoms with van der Waals surface area (Å²) in [4.78, 5) is 2.36. The Morgan fingerprint density at radius 2 is 1.29 bits per heavy atom. The van der Waals surface area contributed by atoms with Gasteiger partial charge in [0.25, 0.3) is 0 Å². The number of rotatable bonds is 11. The van der Waals surface area contributed by atoms with Crippen molar-refractivity contribution in [3.05, 3.63) is 102 Å². The molecule has 0 radical (unpaired) electrons. The summed E-state index contributed by atoms with van der Waals surface area (Å²) in [6, 6.07) is 29.6. The number of allylic oxidation sites excluding steroid dienone is 1. The maximum atomic E-state index is 6.24. The van der Waals surface area contributed by atoms with E-state index in [2.05, 4.69) is 97.6 Å².